The molecule has 26 N–H and O–H groups in total. The van der Waals surface area contributed by atoms with Crippen LogP contribution in [0.3, 0.4) is 0 Å². The van der Waals surface area contributed by atoms with Crippen LogP contribution in [0.1, 0.15) is 0 Å². The van der Waals surface area contributed by atoms with Crippen molar-refractivity contribution < 1.29 is 199 Å². The van der Waals surface area contributed by atoms with E-state index < -0.39 is 35.8 Å². The maximum Gasteiger partial charge on any atom is 2.00 e. The molecular formula is C66H74ClN12NbO24Zn2-. The Morgan fingerprint density at radius 1 is 0.189 bits per heavy atom. The molecule has 559 valence electrons. The van der Waals surface area contributed by atoms with E-state index in [9.17, 15) is 0 Å². The van der Waals surface area contributed by atoms with Crippen LogP contribution in [0, 0.1) is 0 Å². The van der Waals surface area contributed by atoms with Crippen LogP contribution in [0.15, 0.2) is 293 Å². The van der Waals surface area contributed by atoms with Crippen molar-refractivity contribution in [3.8, 4) is 68.3 Å². The molecule has 0 fully saturated rings. The topological polar surface area (TPSA) is 776 Å². The molecule has 12 heterocycles. The number of halogens is 1. The smallest absolute Gasteiger partial charge is 2.00 e. The summed E-state index contributed by atoms with van der Waals surface area (Å²) >= 11 is 0. The predicted octanol–water partition coefficient (Wildman–Crippen LogP) is -10.3. The maximum atomic E-state index is 8.93. The molecule has 0 spiro atoms. The monoisotopic (exact) mass is 1670 g/mol. The molecule has 1 radical (unpaired) electrons. The summed E-state index contributed by atoms with van der Waals surface area (Å²) in [5, 5.41) is 53.6. The summed E-state index contributed by atoms with van der Waals surface area (Å²) in [5.41, 5.74) is 11.0. The predicted molar refractivity (Wildman–Crippen MR) is 360 cm³/mol. The average molecular weight is 1680 g/mol. The zero-order chi connectivity index (χ0) is 64.8. The van der Waals surface area contributed by atoms with Crippen molar-refractivity contribution in [1.29, 1.82) is 0 Å². The number of carbonyl (C=O) groups is 6. The summed E-state index contributed by atoms with van der Waals surface area (Å²) in [4.78, 5) is 104. The summed E-state index contributed by atoms with van der Waals surface area (Å²) < 4.78 is 0. The molecule has 0 aliphatic carbocycles. The van der Waals surface area contributed by atoms with Gasteiger partial charge in [-0.1, -0.05) is 72.8 Å². The average Bonchev–Trinajstić information content (AvgIpc) is 0.932. The minimum Gasteiger partial charge on any atom is -2.00 e. The first-order chi connectivity index (χ1) is 43.7. The summed E-state index contributed by atoms with van der Waals surface area (Å²) in [7, 11) is 0. The third kappa shape index (κ3) is 53.3. The molecule has 36 nitrogen and oxygen atoms in total. The molecule has 0 bridgehead atoms. The molecule has 106 heavy (non-hydrogen) atoms. The number of carboxylic acids is 6. The number of carbonyl (C=O) groups excluding carboxylic acids is 6. The van der Waals surface area contributed by atoms with Crippen molar-refractivity contribution >= 4 is 35.8 Å². The van der Waals surface area contributed by atoms with E-state index in [4.69, 9.17) is 59.4 Å². The SMILES string of the molecule is O.O.O.O.O.O.O.O=C([O-])C(=O)[O-].O=C([O-])C(=O)[O-].O=C([O-])C(=O)[O-].[Cl-].[Nb].[O-2].[OH3+].[OH3+].[OH3+].[OH3+].[Zn+2].[Zn+2].c1ccc(-c2ccccn2)nc1.c1ccc(-c2ccccn2)nc1.c1ccc(-c2ccccn2)nc1.c1ccc(-c2ccccn2)nc1.c1ccc(-c2ccccn2)nc1.c1ccc(-c2ccccn2)nc1. The number of aliphatic carboxylic acids is 6. The van der Waals surface area contributed by atoms with Gasteiger partial charge in [0.2, 0.25) is 0 Å². The fourth-order valence-corrected chi connectivity index (χ4v) is 6.17. The van der Waals surface area contributed by atoms with Crippen molar-refractivity contribution in [2.45, 2.75) is 0 Å². The first-order valence-corrected chi connectivity index (χ1v) is 25.9. The Morgan fingerprint density at radius 2 is 0.255 bits per heavy atom. The Bertz CT molecular complexity index is 3080. The number of aromatic nitrogens is 12. The van der Waals surface area contributed by atoms with Gasteiger partial charge in [0.1, 0.15) is 0 Å². The van der Waals surface area contributed by atoms with Crippen LogP contribution >= 0.6 is 0 Å². The van der Waals surface area contributed by atoms with Gasteiger partial charge in [0, 0.05) is 96.7 Å². The van der Waals surface area contributed by atoms with E-state index in [2.05, 4.69) is 59.8 Å². The second-order valence-electron chi connectivity index (χ2n) is 16.3. The normalized spacial score (nSPS) is 7.81. The minimum atomic E-state index is -2.19. The standard InChI is InChI=1S/6C10H8N2.3C2H2O4.ClH.Nb.11H2O.O.2Zn/c6*1-3-7-11-9(5-1)10-6-2-4-8-12-10;3*3-1(4)2(5)6;;;;;;;;;;;;;;;;/h6*1-8H;3*(H,3,4)(H,5,6);1H;;11*1H2;;;/q;;;;;;;;;;;;;;;;;;;;;;-2;2*+2/p-3. The maximum absolute atomic E-state index is 8.93. The van der Waals surface area contributed by atoms with Gasteiger partial charge in [-0.15, -0.1) is 0 Å². The molecule has 12 aromatic rings. The van der Waals surface area contributed by atoms with E-state index in [1.54, 1.807) is 74.4 Å². The first-order valence-electron chi connectivity index (χ1n) is 25.9. The van der Waals surface area contributed by atoms with Crippen molar-refractivity contribution in [2.75, 3.05) is 0 Å². The van der Waals surface area contributed by atoms with Crippen LogP contribution in [0.2, 0.25) is 0 Å². The quantitative estimate of drug-likeness (QED) is 0.0847. The van der Waals surface area contributed by atoms with Gasteiger partial charge in [0.25, 0.3) is 0 Å². The number of rotatable bonds is 6. The number of nitrogens with zero attached hydrogens (tertiary/aromatic N) is 12. The van der Waals surface area contributed by atoms with Crippen LogP contribution in [-0.4, -0.2) is 134 Å². The second kappa shape index (κ2) is 76.1. The van der Waals surface area contributed by atoms with Gasteiger partial charge in [0.05, 0.1) is 104 Å². The van der Waals surface area contributed by atoms with Gasteiger partial charge in [0.15, 0.2) is 0 Å². The van der Waals surface area contributed by atoms with Crippen molar-refractivity contribution in [3.05, 3.63) is 293 Å². The Hall–Kier alpha value is -11.6. The van der Waals surface area contributed by atoms with Crippen LogP contribution < -0.4 is 43.0 Å². The Kier molecular flexibility index (Phi) is 89.2. The van der Waals surface area contributed by atoms with Crippen molar-refractivity contribution in [2.24, 2.45) is 0 Å². The molecule has 0 aliphatic rings. The Morgan fingerprint density at radius 3 is 0.292 bits per heavy atom. The van der Waals surface area contributed by atoms with Gasteiger partial charge < -0.3 is 138 Å². The molecule has 0 atom stereocenters. The van der Waals surface area contributed by atoms with Crippen molar-refractivity contribution in [3.63, 3.8) is 0 Å². The number of hydrogen-bond acceptors (Lipinski definition) is 24. The van der Waals surface area contributed by atoms with Gasteiger partial charge in [-0.3, -0.25) is 59.8 Å². The summed E-state index contributed by atoms with van der Waals surface area (Å²) in [6.45, 7) is 0. The van der Waals surface area contributed by atoms with Gasteiger partial charge in [-0.25, -0.2) is 0 Å². The first kappa shape index (κ1) is 124. The molecule has 12 aromatic heterocycles. The van der Waals surface area contributed by atoms with Crippen LogP contribution in [0.5, 0.6) is 0 Å². The second-order valence-corrected chi connectivity index (χ2v) is 16.3. The van der Waals surface area contributed by atoms with E-state index in [0.717, 1.165) is 68.3 Å². The minimum absolute atomic E-state index is 0. The molecule has 0 aromatic carbocycles. The van der Waals surface area contributed by atoms with Crippen LogP contribution in [0.4, 0.5) is 0 Å². The Labute approximate surface area is 651 Å². The fourth-order valence-electron chi connectivity index (χ4n) is 6.17. The zero-order valence-corrected chi connectivity index (χ0v) is 64.3. The molecular weight excluding hydrogens is 1600 g/mol. The van der Waals surface area contributed by atoms with E-state index in [-0.39, 0.29) is 139 Å². The Balaban J connectivity index is -0.0000000828. The number of carboxylic acid groups (broad SMARTS) is 6. The van der Waals surface area contributed by atoms with Crippen LogP contribution in [0.25, 0.3) is 68.3 Å². The van der Waals surface area contributed by atoms with Gasteiger partial charge >= 0.3 is 39.0 Å². The third-order valence-corrected chi connectivity index (χ3v) is 10.1. The molecule has 0 saturated heterocycles. The third-order valence-electron chi connectivity index (χ3n) is 10.1. The molecule has 0 amide bonds. The van der Waals surface area contributed by atoms with Gasteiger partial charge in [-0.2, -0.15) is 0 Å². The van der Waals surface area contributed by atoms with E-state index >= 15 is 0 Å². The molecule has 0 unspecified atom stereocenters. The summed E-state index contributed by atoms with van der Waals surface area (Å²) in [6.07, 6.45) is 21.2. The van der Waals surface area contributed by atoms with Crippen LogP contribution in [-0.2, 0) is 117 Å². The summed E-state index contributed by atoms with van der Waals surface area (Å²) in [5.74, 6) is -13.1. The van der Waals surface area contributed by atoms with Crippen molar-refractivity contribution in [1.82, 2.24) is 59.8 Å². The number of pyridine rings is 12. The molecule has 0 saturated carbocycles. The van der Waals surface area contributed by atoms with Gasteiger partial charge in [-0.05, 0) is 146 Å². The zero-order valence-electron chi connectivity index (χ0n) is 55.4. The molecule has 12 rings (SSSR count). The molecule has 0 aliphatic heterocycles. The largest absolute Gasteiger partial charge is 2.00 e. The number of hydrogen-bond donors (Lipinski definition) is 0. The van der Waals surface area contributed by atoms with E-state index in [0.29, 0.717) is 0 Å². The fraction of sp³-hybridized carbons (Fsp3) is 0. The summed E-state index contributed by atoms with van der Waals surface area (Å²) in [6, 6.07) is 69.6. The van der Waals surface area contributed by atoms with E-state index in [1.807, 2.05) is 218 Å². The van der Waals surface area contributed by atoms with E-state index in [1.165, 1.54) is 0 Å². The molecule has 40 heteroatoms.